The van der Waals surface area contributed by atoms with Crippen molar-refractivity contribution < 1.29 is 13.2 Å². The van der Waals surface area contributed by atoms with Crippen molar-refractivity contribution in [1.29, 1.82) is 0 Å². The van der Waals surface area contributed by atoms with Crippen molar-refractivity contribution in [3.05, 3.63) is 29.3 Å². The van der Waals surface area contributed by atoms with E-state index >= 15 is 0 Å². The van der Waals surface area contributed by atoms with Gasteiger partial charge in [0.15, 0.2) is 0 Å². The van der Waals surface area contributed by atoms with E-state index in [9.17, 15) is 8.42 Å². The van der Waals surface area contributed by atoms with E-state index in [1.807, 2.05) is 26.0 Å². The summed E-state index contributed by atoms with van der Waals surface area (Å²) >= 11 is 0. The predicted molar refractivity (Wildman–Crippen MR) is 82.5 cm³/mol. The first-order valence-electron chi connectivity index (χ1n) is 7.40. The Kier molecular flexibility index (Phi) is 5.37. The number of nitrogens with zero attached hydrogens (tertiary/aromatic N) is 1. The summed E-state index contributed by atoms with van der Waals surface area (Å²) in [5.41, 5.74) is 7.20. The van der Waals surface area contributed by atoms with Gasteiger partial charge in [-0.05, 0) is 37.0 Å². The van der Waals surface area contributed by atoms with Crippen molar-refractivity contribution in [3.8, 4) is 0 Å². The predicted octanol–water partition coefficient (Wildman–Crippen LogP) is 1.64. The molecule has 2 N–H and O–H groups in total. The van der Waals surface area contributed by atoms with Gasteiger partial charge in [0.2, 0.25) is 10.0 Å². The van der Waals surface area contributed by atoms with Crippen molar-refractivity contribution in [2.75, 3.05) is 19.7 Å². The number of sulfonamides is 1. The Hall–Kier alpha value is -0.950. The number of benzene rings is 1. The topological polar surface area (TPSA) is 72.6 Å². The summed E-state index contributed by atoms with van der Waals surface area (Å²) in [6.45, 7) is 5.59. The van der Waals surface area contributed by atoms with Crippen LogP contribution in [0, 0.1) is 6.92 Å². The van der Waals surface area contributed by atoms with Gasteiger partial charge < -0.3 is 10.5 Å². The third-order valence-corrected chi connectivity index (χ3v) is 5.97. The Morgan fingerprint density at radius 1 is 1.43 bits per heavy atom. The number of ether oxygens (including phenoxy) is 1. The Morgan fingerprint density at radius 3 is 2.76 bits per heavy atom. The Labute approximate surface area is 127 Å². The molecule has 1 atom stereocenters. The van der Waals surface area contributed by atoms with E-state index in [0.717, 1.165) is 30.6 Å². The number of nitrogens with two attached hydrogens (primary N) is 1. The summed E-state index contributed by atoms with van der Waals surface area (Å²) in [7, 11) is -3.50. The summed E-state index contributed by atoms with van der Waals surface area (Å²) in [6, 6.07) is 5.36. The zero-order chi connectivity index (χ0) is 15.5. The van der Waals surface area contributed by atoms with Gasteiger partial charge in [-0.3, -0.25) is 0 Å². The molecule has 118 valence electrons. The molecule has 21 heavy (non-hydrogen) atoms. The molecule has 5 nitrogen and oxygen atoms in total. The summed E-state index contributed by atoms with van der Waals surface area (Å²) < 4.78 is 32.8. The van der Waals surface area contributed by atoms with Gasteiger partial charge in [-0.1, -0.05) is 19.1 Å². The average molecular weight is 312 g/mol. The first-order valence-corrected chi connectivity index (χ1v) is 8.84. The maximum Gasteiger partial charge on any atom is 0.243 e. The molecule has 1 fully saturated rings. The van der Waals surface area contributed by atoms with Gasteiger partial charge in [-0.15, -0.1) is 0 Å². The molecule has 0 amide bonds. The maximum atomic E-state index is 12.9. The first kappa shape index (κ1) is 16.4. The highest BCUT2D eigenvalue weighted by Crippen LogP contribution is 2.23. The van der Waals surface area contributed by atoms with Crippen molar-refractivity contribution in [2.24, 2.45) is 5.73 Å². The molecule has 1 unspecified atom stereocenters. The Bertz CT molecular complexity index is 581. The molecule has 1 heterocycles. The van der Waals surface area contributed by atoms with E-state index in [1.165, 1.54) is 4.31 Å². The summed E-state index contributed by atoms with van der Waals surface area (Å²) in [4.78, 5) is 0.352. The van der Waals surface area contributed by atoms with Gasteiger partial charge >= 0.3 is 0 Å². The smallest absolute Gasteiger partial charge is 0.243 e. The number of rotatable bonds is 6. The van der Waals surface area contributed by atoms with Crippen LogP contribution in [0.1, 0.15) is 30.9 Å². The van der Waals surface area contributed by atoms with Crippen LogP contribution in [-0.2, 0) is 21.3 Å². The van der Waals surface area contributed by atoms with Crippen LogP contribution in [0.25, 0.3) is 0 Å². The van der Waals surface area contributed by atoms with E-state index in [2.05, 4.69) is 0 Å². The zero-order valence-electron chi connectivity index (χ0n) is 12.7. The van der Waals surface area contributed by atoms with Crippen molar-refractivity contribution in [1.82, 2.24) is 4.31 Å². The van der Waals surface area contributed by atoms with Crippen LogP contribution in [0.3, 0.4) is 0 Å². The minimum Gasteiger partial charge on any atom is -0.377 e. The van der Waals surface area contributed by atoms with Crippen molar-refractivity contribution in [2.45, 2.75) is 44.2 Å². The van der Waals surface area contributed by atoms with Crippen LogP contribution < -0.4 is 5.73 Å². The molecule has 1 aliphatic heterocycles. The Balaban J connectivity index is 2.29. The number of hydrogen-bond acceptors (Lipinski definition) is 4. The molecule has 1 aliphatic rings. The molecule has 0 bridgehead atoms. The lowest BCUT2D eigenvalue weighted by Gasteiger charge is -2.24. The molecular formula is C15H24N2O3S. The fraction of sp³-hybridized carbons (Fsp3) is 0.600. The van der Waals surface area contributed by atoms with E-state index in [4.69, 9.17) is 10.5 Å². The maximum absolute atomic E-state index is 12.9. The largest absolute Gasteiger partial charge is 0.377 e. The van der Waals surface area contributed by atoms with E-state index in [-0.39, 0.29) is 6.10 Å². The van der Waals surface area contributed by atoms with Gasteiger partial charge in [0, 0.05) is 26.2 Å². The molecule has 1 aromatic carbocycles. The second-order valence-corrected chi connectivity index (χ2v) is 7.30. The molecule has 2 rings (SSSR count). The summed E-state index contributed by atoms with van der Waals surface area (Å²) in [5.74, 6) is 0. The molecular weight excluding hydrogens is 288 g/mol. The summed E-state index contributed by atoms with van der Waals surface area (Å²) in [6.07, 6.45) is 1.94. The lowest BCUT2D eigenvalue weighted by molar-refractivity contribution is 0.0946. The normalized spacial score (nSPS) is 19.3. The quantitative estimate of drug-likeness (QED) is 0.867. The zero-order valence-corrected chi connectivity index (χ0v) is 13.5. The number of aryl methyl sites for hydroxylation is 1. The third kappa shape index (κ3) is 3.63. The highest BCUT2D eigenvalue weighted by molar-refractivity contribution is 7.89. The molecule has 6 heteroatoms. The van der Waals surface area contributed by atoms with Crippen LogP contribution in [-0.4, -0.2) is 38.5 Å². The molecule has 1 aromatic rings. The molecule has 0 saturated carbocycles. The van der Waals surface area contributed by atoms with Gasteiger partial charge in [0.25, 0.3) is 0 Å². The fourth-order valence-corrected chi connectivity index (χ4v) is 4.36. The van der Waals surface area contributed by atoms with E-state index < -0.39 is 10.0 Å². The lowest BCUT2D eigenvalue weighted by atomic mass is 10.1. The molecule has 0 aliphatic carbocycles. The average Bonchev–Trinajstić information content (AvgIpc) is 2.98. The monoisotopic (exact) mass is 312 g/mol. The second kappa shape index (κ2) is 6.87. The molecule has 0 radical (unpaired) electrons. The number of likely N-dealkylation sites (N-methyl/N-ethyl adjacent to an activating group) is 1. The molecule has 1 saturated heterocycles. The standard InChI is InChI=1S/C15H24N2O3S/c1-3-17(11-14-5-4-8-20-14)21(18,19)15-9-13(10-16)7-6-12(15)2/h6-7,9,14H,3-5,8,10-11,16H2,1-2H3. The number of hydrogen-bond donors (Lipinski definition) is 1. The minimum absolute atomic E-state index is 0.0118. The lowest BCUT2D eigenvalue weighted by Crippen LogP contribution is -2.37. The highest BCUT2D eigenvalue weighted by atomic mass is 32.2. The SMILES string of the molecule is CCN(CC1CCCO1)S(=O)(=O)c1cc(CN)ccc1C. The fourth-order valence-electron chi connectivity index (χ4n) is 2.60. The third-order valence-electron chi connectivity index (χ3n) is 3.89. The highest BCUT2D eigenvalue weighted by Gasteiger charge is 2.29. The van der Waals surface area contributed by atoms with Gasteiger partial charge in [-0.2, -0.15) is 4.31 Å². The van der Waals surface area contributed by atoms with Crippen LogP contribution in [0.15, 0.2) is 23.1 Å². The van der Waals surface area contributed by atoms with Crippen LogP contribution >= 0.6 is 0 Å². The summed E-state index contributed by atoms with van der Waals surface area (Å²) in [5, 5.41) is 0. The van der Waals surface area contributed by atoms with Gasteiger partial charge in [0.1, 0.15) is 0 Å². The molecule has 0 aromatic heterocycles. The van der Waals surface area contributed by atoms with Gasteiger partial charge in [-0.25, -0.2) is 8.42 Å². The van der Waals surface area contributed by atoms with E-state index in [0.29, 0.717) is 24.5 Å². The van der Waals surface area contributed by atoms with Crippen LogP contribution in [0.5, 0.6) is 0 Å². The van der Waals surface area contributed by atoms with Crippen molar-refractivity contribution >= 4 is 10.0 Å². The first-order chi connectivity index (χ1) is 9.98. The minimum atomic E-state index is -3.50. The van der Waals surface area contributed by atoms with Crippen LogP contribution in [0.4, 0.5) is 0 Å². The molecule has 0 spiro atoms. The van der Waals surface area contributed by atoms with E-state index in [1.54, 1.807) is 6.07 Å². The Morgan fingerprint density at radius 2 is 2.19 bits per heavy atom. The van der Waals surface area contributed by atoms with Crippen molar-refractivity contribution in [3.63, 3.8) is 0 Å². The van der Waals surface area contributed by atoms with Gasteiger partial charge in [0.05, 0.1) is 11.0 Å². The second-order valence-electron chi connectivity index (χ2n) is 5.39. The van der Waals surface area contributed by atoms with Crippen LogP contribution in [0.2, 0.25) is 0 Å².